The molecule has 0 heterocycles. The fourth-order valence-corrected chi connectivity index (χ4v) is 1.58. The zero-order chi connectivity index (χ0) is 11.6. The molecule has 0 radical (unpaired) electrons. The van der Waals surface area contributed by atoms with E-state index < -0.39 is 17.3 Å². The van der Waals surface area contributed by atoms with Gasteiger partial charge in [-0.25, -0.2) is 0 Å². The van der Waals surface area contributed by atoms with Gasteiger partial charge in [-0.05, 0) is 18.6 Å². The quantitative estimate of drug-likeness (QED) is 0.636. The number of halogens is 1. The van der Waals surface area contributed by atoms with Crippen LogP contribution in [0.1, 0.15) is 11.1 Å². The Morgan fingerprint density at radius 2 is 2.20 bits per heavy atom. The Kier molecular flexibility index (Phi) is 3.26. The number of hydrogen-bond acceptors (Lipinski definition) is 3. The fourth-order valence-electron chi connectivity index (χ4n) is 1.24. The van der Waals surface area contributed by atoms with Crippen molar-refractivity contribution >= 4 is 23.3 Å². The van der Waals surface area contributed by atoms with Gasteiger partial charge < -0.3 is 5.11 Å². The maximum Gasteiger partial charge on any atom is 0.308 e. The average molecular weight is 230 g/mol. The molecule has 5 nitrogen and oxygen atoms in total. The molecule has 15 heavy (non-hydrogen) atoms. The zero-order valence-corrected chi connectivity index (χ0v) is 8.61. The predicted octanol–water partition coefficient (Wildman–Crippen LogP) is 2.18. The summed E-state index contributed by atoms with van der Waals surface area (Å²) < 4.78 is 0. The number of benzene rings is 1. The Morgan fingerprint density at radius 3 is 2.67 bits per heavy atom. The van der Waals surface area contributed by atoms with Crippen LogP contribution in [0, 0.1) is 17.0 Å². The number of rotatable bonds is 3. The van der Waals surface area contributed by atoms with Crippen LogP contribution in [0.2, 0.25) is 5.02 Å². The lowest BCUT2D eigenvalue weighted by Crippen LogP contribution is -2.05. The largest absolute Gasteiger partial charge is 0.481 e. The summed E-state index contributed by atoms with van der Waals surface area (Å²) in [5.41, 5.74) is 0.419. The molecule has 1 aromatic carbocycles. The van der Waals surface area contributed by atoms with E-state index in [9.17, 15) is 14.9 Å². The number of aryl methyl sites for hydroxylation is 1. The molecule has 0 unspecified atom stereocenters. The summed E-state index contributed by atoms with van der Waals surface area (Å²) in [7, 11) is 0. The number of carbonyl (C=O) groups is 1. The molecule has 0 bridgehead atoms. The van der Waals surface area contributed by atoms with Gasteiger partial charge in [0.25, 0.3) is 5.69 Å². The van der Waals surface area contributed by atoms with E-state index in [0.29, 0.717) is 5.56 Å². The van der Waals surface area contributed by atoms with Gasteiger partial charge in [0.2, 0.25) is 0 Å². The minimum absolute atomic E-state index is 0.0415. The minimum Gasteiger partial charge on any atom is -0.481 e. The molecule has 0 aromatic heterocycles. The molecule has 0 aliphatic rings. The molecule has 0 amide bonds. The van der Waals surface area contributed by atoms with Crippen molar-refractivity contribution in [3.05, 3.63) is 38.4 Å². The van der Waals surface area contributed by atoms with E-state index in [1.165, 1.54) is 12.1 Å². The van der Waals surface area contributed by atoms with E-state index in [2.05, 4.69) is 0 Å². The van der Waals surface area contributed by atoms with Crippen molar-refractivity contribution in [3.8, 4) is 0 Å². The zero-order valence-electron chi connectivity index (χ0n) is 7.86. The molecule has 6 heteroatoms. The highest BCUT2D eigenvalue weighted by atomic mass is 35.5. The van der Waals surface area contributed by atoms with Crippen LogP contribution in [0.3, 0.4) is 0 Å². The Balaban J connectivity index is 3.33. The summed E-state index contributed by atoms with van der Waals surface area (Å²) in [4.78, 5) is 20.5. The third-order valence-electron chi connectivity index (χ3n) is 1.84. The van der Waals surface area contributed by atoms with Crippen LogP contribution in [0.15, 0.2) is 12.1 Å². The SMILES string of the molecule is Cc1cc(Cl)c(CC(=O)O)c([N+](=O)[O-])c1. The van der Waals surface area contributed by atoms with Crippen LogP contribution >= 0.6 is 11.6 Å². The first-order valence-electron chi connectivity index (χ1n) is 4.07. The first kappa shape index (κ1) is 11.5. The molecule has 80 valence electrons. The topological polar surface area (TPSA) is 80.4 Å². The molecule has 0 aliphatic carbocycles. The van der Waals surface area contributed by atoms with Crippen LogP contribution in [0.5, 0.6) is 0 Å². The molecule has 0 spiro atoms. The number of nitro groups is 1. The fraction of sp³-hybridized carbons (Fsp3) is 0.222. The van der Waals surface area contributed by atoms with E-state index in [1.54, 1.807) is 6.92 Å². The molecule has 0 saturated heterocycles. The summed E-state index contributed by atoms with van der Waals surface area (Å²) in [5, 5.41) is 19.4. The lowest BCUT2D eigenvalue weighted by Gasteiger charge is -2.04. The summed E-state index contributed by atoms with van der Waals surface area (Å²) in [6, 6.07) is 2.82. The maximum atomic E-state index is 10.7. The molecule has 1 aromatic rings. The highest BCUT2D eigenvalue weighted by Crippen LogP contribution is 2.28. The van der Waals surface area contributed by atoms with Crippen LogP contribution in [-0.4, -0.2) is 16.0 Å². The molecule has 0 fully saturated rings. The molecular formula is C9H8ClNO4. The van der Waals surface area contributed by atoms with Crippen molar-refractivity contribution in [1.82, 2.24) is 0 Å². The van der Waals surface area contributed by atoms with Gasteiger partial charge in [0.05, 0.1) is 21.9 Å². The predicted molar refractivity (Wildman–Crippen MR) is 54.2 cm³/mol. The first-order chi connectivity index (χ1) is 6.91. The van der Waals surface area contributed by atoms with E-state index in [-0.39, 0.29) is 16.3 Å². The summed E-state index contributed by atoms with van der Waals surface area (Å²) in [6.07, 6.45) is -0.449. The van der Waals surface area contributed by atoms with Gasteiger partial charge in [-0.3, -0.25) is 14.9 Å². The van der Waals surface area contributed by atoms with Crippen molar-refractivity contribution in [1.29, 1.82) is 0 Å². The van der Waals surface area contributed by atoms with Crippen molar-refractivity contribution in [2.75, 3.05) is 0 Å². The van der Waals surface area contributed by atoms with Crippen molar-refractivity contribution in [2.24, 2.45) is 0 Å². The lowest BCUT2D eigenvalue weighted by molar-refractivity contribution is -0.385. The standard InChI is InChI=1S/C9H8ClNO4/c1-5-2-7(10)6(4-9(12)13)8(3-5)11(14)15/h2-3H,4H2,1H3,(H,12,13). The minimum atomic E-state index is -1.15. The van der Waals surface area contributed by atoms with Gasteiger partial charge in [-0.2, -0.15) is 0 Å². The normalized spacial score (nSPS) is 10.0. The van der Waals surface area contributed by atoms with Gasteiger partial charge >= 0.3 is 5.97 Å². The van der Waals surface area contributed by atoms with E-state index in [4.69, 9.17) is 16.7 Å². The van der Waals surface area contributed by atoms with Crippen molar-refractivity contribution in [3.63, 3.8) is 0 Å². The van der Waals surface area contributed by atoms with Crippen LogP contribution < -0.4 is 0 Å². The number of carboxylic acids is 1. The Bertz CT molecular complexity index is 430. The number of nitrogens with zero attached hydrogens (tertiary/aromatic N) is 1. The first-order valence-corrected chi connectivity index (χ1v) is 4.45. The number of hydrogen-bond donors (Lipinski definition) is 1. The van der Waals surface area contributed by atoms with Crippen LogP contribution in [0.25, 0.3) is 0 Å². The molecular weight excluding hydrogens is 222 g/mol. The van der Waals surface area contributed by atoms with Gasteiger partial charge in [0.15, 0.2) is 0 Å². The smallest absolute Gasteiger partial charge is 0.308 e. The number of nitro benzene ring substituents is 1. The summed E-state index contributed by atoms with van der Waals surface area (Å²) >= 11 is 5.76. The summed E-state index contributed by atoms with van der Waals surface area (Å²) in [5.74, 6) is -1.15. The lowest BCUT2D eigenvalue weighted by atomic mass is 10.1. The van der Waals surface area contributed by atoms with E-state index in [0.717, 1.165) is 0 Å². The van der Waals surface area contributed by atoms with E-state index >= 15 is 0 Å². The Labute approximate surface area is 90.4 Å². The van der Waals surface area contributed by atoms with Crippen molar-refractivity contribution in [2.45, 2.75) is 13.3 Å². The van der Waals surface area contributed by atoms with Crippen LogP contribution in [-0.2, 0) is 11.2 Å². The third kappa shape index (κ3) is 2.66. The third-order valence-corrected chi connectivity index (χ3v) is 2.18. The Hall–Kier alpha value is -1.62. The van der Waals surface area contributed by atoms with Gasteiger partial charge in [-0.1, -0.05) is 11.6 Å². The summed E-state index contributed by atoms with van der Waals surface area (Å²) in [6.45, 7) is 1.66. The molecule has 0 saturated carbocycles. The molecule has 1 N–H and O–H groups in total. The Morgan fingerprint density at radius 1 is 1.60 bits per heavy atom. The second kappa shape index (κ2) is 4.27. The van der Waals surface area contributed by atoms with E-state index in [1.807, 2.05) is 0 Å². The molecule has 0 atom stereocenters. The number of carboxylic acid groups (broad SMARTS) is 1. The van der Waals surface area contributed by atoms with Gasteiger partial charge in [-0.15, -0.1) is 0 Å². The second-order valence-corrected chi connectivity index (χ2v) is 3.48. The van der Waals surface area contributed by atoms with Crippen molar-refractivity contribution < 1.29 is 14.8 Å². The van der Waals surface area contributed by atoms with Gasteiger partial charge in [0.1, 0.15) is 0 Å². The molecule has 0 aliphatic heterocycles. The van der Waals surface area contributed by atoms with Gasteiger partial charge in [0, 0.05) is 6.07 Å². The monoisotopic (exact) mass is 229 g/mol. The maximum absolute atomic E-state index is 10.7. The highest BCUT2D eigenvalue weighted by Gasteiger charge is 2.19. The molecule has 1 rings (SSSR count). The average Bonchev–Trinajstić information content (AvgIpc) is 2.08. The van der Waals surface area contributed by atoms with Crippen LogP contribution in [0.4, 0.5) is 5.69 Å². The number of aliphatic carboxylic acids is 1. The second-order valence-electron chi connectivity index (χ2n) is 3.07. The highest BCUT2D eigenvalue weighted by molar-refractivity contribution is 6.31.